The highest BCUT2D eigenvalue weighted by atomic mass is 32.2. The quantitative estimate of drug-likeness (QED) is 0.739. The summed E-state index contributed by atoms with van der Waals surface area (Å²) in [6, 6.07) is 1.50. The highest BCUT2D eigenvalue weighted by Crippen LogP contribution is 2.18. The zero-order chi connectivity index (χ0) is 10.4. The Labute approximate surface area is 87.5 Å². The molecule has 0 amide bonds. The molecule has 0 aromatic carbocycles. The molecule has 1 aromatic rings. The van der Waals surface area contributed by atoms with Crippen molar-refractivity contribution >= 4 is 17.7 Å². The van der Waals surface area contributed by atoms with E-state index in [0.717, 1.165) is 18.6 Å². The van der Waals surface area contributed by atoms with Crippen molar-refractivity contribution in [2.24, 2.45) is 0 Å². The van der Waals surface area contributed by atoms with Crippen LogP contribution in [0, 0.1) is 0 Å². The van der Waals surface area contributed by atoms with Crippen LogP contribution < -0.4 is 0 Å². The SMILES string of the molecule is CCCCSCc1occc1C(=O)O. The van der Waals surface area contributed by atoms with Crippen molar-refractivity contribution in [3.63, 3.8) is 0 Å². The van der Waals surface area contributed by atoms with Crippen molar-refractivity contribution in [2.75, 3.05) is 5.75 Å². The first-order valence-electron chi connectivity index (χ1n) is 4.63. The Kier molecular flexibility index (Phi) is 4.59. The number of unbranched alkanes of at least 4 members (excludes halogenated alkanes) is 1. The van der Waals surface area contributed by atoms with E-state index in [4.69, 9.17) is 9.52 Å². The number of carbonyl (C=O) groups is 1. The summed E-state index contributed by atoms with van der Waals surface area (Å²) in [7, 11) is 0. The van der Waals surface area contributed by atoms with E-state index in [9.17, 15) is 4.79 Å². The fourth-order valence-electron chi connectivity index (χ4n) is 1.05. The maximum atomic E-state index is 10.7. The van der Waals surface area contributed by atoms with Crippen molar-refractivity contribution in [1.29, 1.82) is 0 Å². The Bertz CT molecular complexity index is 293. The lowest BCUT2D eigenvalue weighted by Gasteiger charge is -1.98. The second-order valence-electron chi connectivity index (χ2n) is 2.97. The molecule has 1 N–H and O–H groups in total. The second kappa shape index (κ2) is 5.75. The smallest absolute Gasteiger partial charge is 0.339 e. The van der Waals surface area contributed by atoms with Crippen molar-refractivity contribution in [1.82, 2.24) is 0 Å². The van der Waals surface area contributed by atoms with Gasteiger partial charge in [-0.15, -0.1) is 0 Å². The van der Waals surface area contributed by atoms with Gasteiger partial charge in [0.1, 0.15) is 11.3 Å². The zero-order valence-electron chi connectivity index (χ0n) is 8.16. The Hall–Kier alpha value is -0.900. The van der Waals surface area contributed by atoms with Gasteiger partial charge in [-0.05, 0) is 18.2 Å². The lowest BCUT2D eigenvalue weighted by Crippen LogP contribution is -1.97. The summed E-state index contributed by atoms with van der Waals surface area (Å²) < 4.78 is 5.10. The molecule has 78 valence electrons. The van der Waals surface area contributed by atoms with Crippen LogP contribution in [0.25, 0.3) is 0 Å². The molecule has 0 spiro atoms. The van der Waals surface area contributed by atoms with Crippen LogP contribution in [0.1, 0.15) is 35.9 Å². The van der Waals surface area contributed by atoms with Crippen molar-refractivity contribution in [2.45, 2.75) is 25.5 Å². The van der Waals surface area contributed by atoms with Gasteiger partial charge in [0.15, 0.2) is 0 Å². The molecule has 3 nitrogen and oxygen atoms in total. The number of carboxylic acids is 1. The van der Waals surface area contributed by atoms with Gasteiger partial charge in [0.05, 0.1) is 12.0 Å². The standard InChI is InChI=1S/C10H14O3S/c1-2-3-6-14-7-9-8(10(11)12)4-5-13-9/h4-5H,2-3,6-7H2,1H3,(H,11,12). The van der Waals surface area contributed by atoms with E-state index < -0.39 is 5.97 Å². The Morgan fingerprint density at radius 2 is 2.43 bits per heavy atom. The van der Waals surface area contributed by atoms with Crippen molar-refractivity contribution in [3.8, 4) is 0 Å². The average Bonchev–Trinajstić information content (AvgIpc) is 2.60. The molecule has 0 saturated heterocycles. The summed E-state index contributed by atoms with van der Waals surface area (Å²) >= 11 is 1.71. The molecular formula is C10H14O3S. The van der Waals surface area contributed by atoms with Crippen molar-refractivity contribution in [3.05, 3.63) is 23.7 Å². The number of carboxylic acid groups (broad SMARTS) is 1. The molecular weight excluding hydrogens is 200 g/mol. The molecule has 0 bridgehead atoms. The third-order valence-corrected chi connectivity index (χ3v) is 2.89. The molecule has 1 rings (SSSR count). The first kappa shape index (κ1) is 11.2. The third-order valence-electron chi connectivity index (χ3n) is 1.85. The lowest BCUT2D eigenvalue weighted by molar-refractivity contribution is 0.0695. The minimum absolute atomic E-state index is 0.286. The number of aromatic carboxylic acids is 1. The van der Waals surface area contributed by atoms with Crippen LogP contribution in [-0.4, -0.2) is 16.8 Å². The second-order valence-corrected chi connectivity index (χ2v) is 4.07. The molecule has 0 saturated carbocycles. The molecule has 0 aliphatic heterocycles. The van der Waals surface area contributed by atoms with Gasteiger partial charge in [-0.2, -0.15) is 11.8 Å². The molecule has 0 unspecified atom stereocenters. The van der Waals surface area contributed by atoms with Gasteiger partial charge in [-0.1, -0.05) is 13.3 Å². The summed E-state index contributed by atoms with van der Waals surface area (Å²) in [5.41, 5.74) is 0.286. The van der Waals surface area contributed by atoms with Gasteiger partial charge in [0.2, 0.25) is 0 Å². The van der Waals surface area contributed by atoms with E-state index in [-0.39, 0.29) is 5.56 Å². The highest BCUT2D eigenvalue weighted by Gasteiger charge is 2.12. The van der Waals surface area contributed by atoms with Gasteiger partial charge in [-0.25, -0.2) is 4.79 Å². The molecule has 1 aromatic heterocycles. The number of rotatable bonds is 6. The molecule has 0 atom stereocenters. The van der Waals surface area contributed by atoms with E-state index in [1.165, 1.54) is 12.3 Å². The van der Waals surface area contributed by atoms with E-state index in [0.29, 0.717) is 11.5 Å². The largest absolute Gasteiger partial charge is 0.478 e. The summed E-state index contributed by atoms with van der Waals surface area (Å²) in [5.74, 6) is 1.36. The number of hydrogen-bond donors (Lipinski definition) is 1. The molecule has 1 heterocycles. The minimum atomic E-state index is -0.912. The van der Waals surface area contributed by atoms with E-state index in [2.05, 4.69) is 6.92 Å². The van der Waals surface area contributed by atoms with Gasteiger partial charge < -0.3 is 9.52 Å². The molecule has 14 heavy (non-hydrogen) atoms. The predicted octanol–water partition coefficient (Wildman–Crippen LogP) is 3.01. The van der Waals surface area contributed by atoms with Gasteiger partial charge in [0.25, 0.3) is 0 Å². The van der Waals surface area contributed by atoms with Gasteiger partial charge in [0, 0.05) is 0 Å². The van der Waals surface area contributed by atoms with Crippen LogP contribution in [0.4, 0.5) is 0 Å². The predicted molar refractivity (Wildman–Crippen MR) is 56.7 cm³/mol. The van der Waals surface area contributed by atoms with E-state index in [1.807, 2.05) is 0 Å². The normalized spacial score (nSPS) is 10.4. The van der Waals surface area contributed by atoms with Gasteiger partial charge in [-0.3, -0.25) is 0 Å². The molecule has 0 aliphatic carbocycles. The van der Waals surface area contributed by atoms with Crippen LogP contribution in [0.3, 0.4) is 0 Å². The van der Waals surface area contributed by atoms with Crippen LogP contribution >= 0.6 is 11.8 Å². The number of thioether (sulfide) groups is 1. The first-order valence-corrected chi connectivity index (χ1v) is 5.78. The zero-order valence-corrected chi connectivity index (χ0v) is 8.97. The first-order chi connectivity index (χ1) is 6.75. The summed E-state index contributed by atoms with van der Waals surface area (Å²) in [5, 5.41) is 8.79. The average molecular weight is 214 g/mol. The maximum Gasteiger partial charge on any atom is 0.339 e. The van der Waals surface area contributed by atoms with E-state index >= 15 is 0 Å². The molecule has 0 aliphatic rings. The minimum Gasteiger partial charge on any atom is -0.478 e. The van der Waals surface area contributed by atoms with Crippen LogP contribution in [-0.2, 0) is 5.75 Å². The fraction of sp³-hybridized carbons (Fsp3) is 0.500. The maximum absolute atomic E-state index is 10.7. The number of hydrogen-bond acceptors (Lipinski definition) is 3. The number of furan rings is 1. The molecule has 0 radical (unpaired) electrons. The highest BCUT2D eigenvalue weighted by molar-refractivity contribution is 7.98. The summed E-state index contributed by atoms with van der Waals surface area (Å²) in [6.45, 7) is 2.14. The Morgan fingerprint density at radius 3 is 3.07 bits per heavy atom. The van der Waals surface area contributed by atoms with Crippen LogP contribution in [0.15, 0.2) is 16.7 Å². The van der Waals surface area contributed by atoms with Gasteiger partial charge >= 0.3 is 5.97 Å². The topological polar surface area (TPSA) is 50.4 Å². The van der Waals surface area contributed by atoms with E-state index in [1.54, 1.807) is 11.8 Å². The van der Waals surface area contributed by atoms with Crippen LogP contribution in [0.5, 0.6) is 0 Å². The summed E-state index contributed by atoms with van der Waals surface area (Å²) in [6.07, 6.45) is 3.75. The Balaban J connectivity index is 2.42. The molecule has 0 fully saturated rings. The summed E-state index contributed by atoms with van der Waals surface area (Å²) in [4.78, 5) is 10.7. The Morgan fingerprint density at radius 1 is 1.64 bits per heavy atom. The third kappa shape index (κ3) is 3.10. The van der Waals surface area contributed by atoms with Crippen LogP contribution in [0.2, 0.25) is 0 Å². The monoisotopic (exact) mass is 214 g/mol. The fourth-order valence-corrected chi connectivity index (χ4v) is 2.10. The van der Waals surface area contributed by atoms with Crippen molar-refractivity contribution < 1.29 is 14.3 Å². The lowest BCUT2D eigenvalue weighted by atomic mass is 10.3. The molecule has 4 heteroatoms.